The first kappa shape index (κ1) is 40.8. The maximum atomic E-state index is 13.1. The van der Waals surface area contributed by atoms with Crippen LogP contribution in [0.3, 0.4) is 0 Å². The summed E-state index contributed by atoms with van der Waals surface area (Å²) in [6.07, 6.45) is 12.1. The van der Waals surface area contributed by atoms with Crippen LogP contribution in [0.25, 0.3) is 20.2 Å². The number of ketones is 1. The summed E-state index contributed by atoms with van der Waals surface area (Å²) in [6, 6.07) is 17.1. The van der Waals surface area contributed by atoms with E-state index in [-0.39, 0.29) is 30.8 Å². The molecule has 8 aliphatic rings. The van der Waals surface area contributed by atoms with E-state index in [0.717, 1.165) is 44.7 Å². The standard InChI is InChI=1S/C22H27NO2S.C11H12OS.C9H16N2.CO2.ClH/c1-14(2)25-17-4-3-16-11-21(26-20(16)12-17)19(24)13-18-15-5-9-23(10-6-15)22(18)7-8-22;1-8(2)12-10-4-3-9-5-6-13-11(9)7-10;10-8-7-1-5-11(6-2-7)9(8)3-4-9;2-1-3;/h3-4,11-12,14-15,18H,5-10,13H2,1-2H3;3-8H,1-2H3;7-8H,1-6,10H2;;1H/t18-;;8-;;/m1.1../s1. The molecule has 0 unspecified atom stereocenters. The monoisotopic (exact) mass is 793 g/mol. The third-order valence-corrected chi connectivity index (χ3v) is 14.6. The lowest BCUT2D eigenvalue weighted by Gasteiger charge is -2.52. The topological polar surface area (TPSA) is 102 Å². The largest absolute Gasteiger partial charge is 0.491 e. The molecule has 2 aromatic carbocycles. The Bertz CT molecular complexity index is 1910. The van der Waals surface area contributed by atoms with Crippen LogP contribution in [0.1, 0.15) is 95.2 Å². The van der Waals surface area contributed by atoms with Gasteiger partial charge in [0.25, 0.3) is 0 Å². The van der Waals surface area contributed by atoms with Gasteiger partial charge in [0.2, 0.25) is 0 Å². The minimum absolute atomic E-state index is 0. The summed E-state index contributed by atoms with van der Waals surface area (Å²) < 4.78 is 13.8. The van der Waals surface area contributed by atoms with Crippen LogP contribution in [0.5, 0.6) is 11.5 Å². The molecule has 2 N–H and O–H groups in total. The predicted molar refractivity (Wildman–Crippen MR) is 220 cm³/mol. The van der Waals surface area contributed by atoms with Gasteiger partial charge in [-0.3, -0.25) is 14.6 Å². The summed E-state index contributed by atoms with van der Waals surface area (Å²) in [5.74, 6) is 4.42. The van der Waals surface area contributed by atoms with Crippen molar-refractivity contribution in [1.82, 2.24) is 9.80 Å². The number of carbonyl (C=O) groups is 1. The highest BCUT2D eigenvalue weighted by Gasteiger charge is 2.60. The maximum absolute atomic E-state index is 13.1. The highest BCUT2D eigenvalue weighted by Crippen LogP contribution is 2.59. The second-order valence-corrected chi connectivity index (χ2v) is 18.5. The number of hydrogen-bond acceptors (Lipinski definition) is 10. The van der Waals surface area contributed by atoms with E-state index in [2.05, 4.69) is 51.6 Å². The molecule has 4 bridgehead atoms. The molecule has 0 amide bonds. The summed E-state index contributed by atoms with van der Waals surface area (Å²) in [5, 5.41) is 4.55. The fourth-order valence-corrected chi connectivity index (χ4v) is 11.7. The minimum atomic E-state index is 0. The average Bonchev–Trinajstić information content (AvgIpc) is 4.02. The Labute approximate surface area is 334 Å². The van der Waals surface area contributed by atoms with Crippen molar-refractivity contribution in [3.63, 3.8) is 0 Å². The Kier molecular flexibility index (Phi) is 13.0. The Hall–Kier alpha value is -2.82. The van der Waals surface area contributed by atoms with Crippen molar-refractivity contribution < 1.29 is 23.9 Å². The van der Waals surface area contributed by atoms with Gasteiger partial charge < -0.3 is 15.2 Å². The molecule has 8 heterocycles. The molecule has 54 heavy (non-hydrogen) atoms. The Morgan fingerprint density at radius 3 is 1.81 bits per heavy atom. The van der Waals surface area contributed by atoms with Gasteiger partial charge in [-0.05, 0) is 188 Å². The van der Waals surface area contributed by atoms with Crippen molar-refractivity contribution in [1.29, 1.82) is 0 Å². The lowest BCUT2D eigenvalue weighted by molar-refractivity contribution is -0.191. The van der Waals surface area contributed by atoms with E-state index in [1.807, 2.05) is 39.8 Å². The number of Topliss-reactive ketones (excluding diaryl/α,β-unsaturated/α-hetero) is 1. The van der Waals surface area contributed by atoms with E-state index in [1.165, 1.54) is 87.6 Å². The van der Waals surface area contributed by atoms with E-state index < -0.39 is 0 Å². The van der Waals surface area contributed by atoms with E-state index >= 15 is 0 Å². The van der Waals surface area contributed by atoms with Crippen molar-refractivity contribution in [2.24, 2.45) is 23.5 Å². The summed E-state index contributed by atoms with van der Waals surface area (Å²) in [6.45, 7) is 13.3. The molecular formula is C43H56ClN3O5S2. The van der Waals surface area contributed by atoms with Crippen LogP contribution in [-0.4, -0.2) is 77.2 Å². The first-order chi connectivity index (χ1) is 25.5. The number of halogens is 1. The first-order valence-corrected chi connectivity index (χ1v) is 21.4. The van der Waals surface area contributed by atoms with Gasteiger partial charge in [-0.2, -0.15) is 9.59 Å². The number of carbonyl (C=O) groups excluding carboxylic acids is 3. The molecule has 12 rings (SSSR count). The number of nitrogens with two attached hydrogens (primary N) is 1. The zero-order chi connectivity index (χ0) is 37.3. The number of fused-ring (bicyclic) bond motifs is 6. The summed E-state index contributed by atoms with van der Waals surface area (Å²) in [4.78, 5) is 35.6. The van der Waals surface area contributed by atoms with Crippen molar-refractivity contribution in [2.45, 2.75) is 115 Å². The molecule has 4 aromatic rings. The van der Waals surface area contributed by atoms with Gasteiger partial charge in [-0.15, -0.1) is 35.1 Å². The van der Waals surface area contributed by atoms with Crippen LogP contribution < -0.4 is 15.2 Å². The molecule has 6 saturated heterocycles. The van der Waals surface area contributed by atoms with Crippen molar-refractivity contribution >= 4 is 67.2 Å². The minimum Gasteiger partial charge on any atom is -0.491 e. The van der Waals surface area contributed by atoms with E-state index in [4.69, 9.17) is 24.8 Å². The summed E-state index contributed by atoms with van der Waals surface area (Å²) in [5.41, 5.74) is 7.13. The van der Waals surface area contributed by atoms with Crippen LogP contribution in [0.15, 0.2) is 53.9 Å². The third-order valence-electron chi connectivity index (χ3n) is 12.6. The molecule has 11 heteroatoms. The quantitative estimate of drug-likeness (QED) is 0.185. The average molecular weight is 795 g/mol. The van der Waals surface area contributed by atoms with Gasteiger partial charge in [0.1, 0.15) is 11.5 Å². The molecule has 2 saturated carbocycles. The summed E-state index contributed by atoms with van der Waals surface area (Å²) in [7, 11) is 0. The van der Waals surface area contributed by atoms with E-state index in [9.17, 15) is 4.79 Å². The number of benzene rings is 2. The zero-order valence-electron chi connectivity index (χ0n) is 32.1. The van der Waals surface area contributed by atoms with Gasteiger partial charge in [0.15, 0.2) is 5.78 Å². The fourth-order valence-electron chi connectivity index (χ4n) is 9.80. The molecule has 292 valence electrons. The van der Waals surface area contributed by atoms with Gasteiger partial charge in [-0.1, -0.05) is 0 Å². The Morgan fingerprint density at radius 2 is 1.30 bits per heavy atom. The normalized spacial score (nSPS) is 27.2. The molecule has 6 aliphatic heterocycles. The second-order valence-electron chi connectivity index (χ2n) is 16.5. The Balaban J connectivity index is 0.000000148. The number of thiophene rings is 2. The molecule has 2 atom stereocenters. The third kappa shape index (κ3) is 8.61. The highest BCUT2D eigenvalue weighted by atomic mass is 35.5. The number of piperidine rings is 6. The SMILES string of the molecule is CC(C)Oc1ccc2cc(C(=O)C[C@@H]3C4CCN(CC4)C34CC4)sc2c1.CC(C)Oc1ccc2ccsc2c1.Cl.N[C@@H]1C2CCN(CC2)C12CC2.O=C=O. The first-order valence-electron chi connectivity index (χ1n) is 19.7. The predicted octanol–water partition coefficient (Wildman–Crippen LogP) is 9.23. The van der Waals surface area contributed by atoms with Crippen LogP contribution in [0.2, 0.25) is 0 Å². The Morgan fingerprint density at radius 1 is 0.778 bits per heavy atom. The van der Waals surface area contributed by atoms with Gasteiger partial charge in [0.05, 0.1) is 17.1 Å². The number of nitrogens with zero attached hydrogens (tertiary/aromatic N) is 2. The van der Waals surface area contributed by atoms with Gasteiger partial charge in [-0.25, -0.2) is 0 Å². The second kappa shape index (κ2) is 17.1. The number of rotatable bonds is 7. The molecule has 2 aliphatic carbocycles. The molecule has 2 spiro atoms. The van der Waals surface area contributed by atoms with E-state index in [0.29, 0.717) is 28.8 Å². The molecule has 0 radical (unpaired) electrons. The smallest absolute Gasteiger partial charge is 0.373 e. The van der Waals surface area contributed by atoms with Crippen molar-refractivity contribution in [3.8, 4) is 11.5 Å². The van der Waals surface area contributed by atoms with Crippen LogP contribution in [-0.2, 0) is 9.59 Å². The van der Waals surface area contributed by atoms with Gasteiger partial charge in [0, 0.05) is 32.9 Å². The lowest BCUT2D eigenvalue weighted by Crippen LogP contribution is -2.63. The van der Waals surface area contributed by atoms with Gasteiger partial charge >= 0.3 is 6.15 Å². The summed E-state index contributed by atoms with van der Waals surface area (Å²) >= 11 is 3.38. The van der Waals surface area contributed by atoms with Crippen LogP contribution in [0.4, 0.5) is 0 Å². The molecule has 8 nitrogen and oxygen atoms in total. The fraction of sp³-hybridized carbons (Fsp3) is 0.581. The molecular weight excluding hydrogens is 738 g/mol. The lowest BCUT2D eigenvalue weighted by atomic mass is 9.70. The van der Waals surface area contributed by atoms with Crippen LogP contribution in [0, 0.1) is 17.8 Å². The van der Waals surface area contributed by atoms with Crippen molar-refractivity contribution in [3.05, 3.63) is 58.8 Å². The van der Waals surface area contributed by atoms with Crippen LogP contribution >= 0.6 is 35.1 Å². The molecule has 2 aromatic heterocycles. The van der Waals surface area contributed by atoms with E-state index in [1.54, 1.807) is 22.7 Å². The molecule has 8 fully saturated rings. The maximum Gasteiger partial charge on any atom is 0.373 e. The number of ether oxygens (including phenoxy) is 2. The zero-order valence-corrected chi connectivity index (χ0v) is 34.5. The number of hydrogen-bond donors (Lipinski definition) is 1. The highest BCUT2D eigenvalue weighted by molar-refractivity contribution is 7.20. The van der Waals surface area contributed by atoms with Crippen molar-refractivity contribution in [2.75, 3.05) is 26.2 Å².